The Balaban J connectivity index is 1.86. The number of hydrogen-bond acceptors (Lipinski definition) is 6. The van der Waals surface area contributed by atoms with Crippen molar-refractivity contribution in [2.45, 2.75) is 59.2 Å². The highest BCUT2D eigenvalue weighted by Gasteiger charge is 2.39. The van der Waals surface area contributed by atoms with Gasteiger partial charge in [0.15, 0.2) is 0 Å². The molecule has 2 aromatic rings. The number of urea groups is 1. The number of carbonyl (C=O) groups excluding carboxylic acids is 2. The van der Waals surface area contributed by atoms with Gasteiger partial charge in [-0.05, 0) is 37.0 Å². The van der Waals surface area contributed by atoms with E-state index in [-0.39, 0.29) is 38.7 Å². The van der Waals surface area contributed by atoms with E-state index in [4.69, 9.17) is 13.8 Å². The number of amides is 2. The molecule has 1 unspecified atom stereocenters. The maximum Gasteiger partial charge on any atom is 0.349 e. The van der Waals surface area contributed by atoms with E-state index in [1.807, 2.05) is 61.5 Å². The van der Waals surface area contributed by atoms with Gasteiger partial charge in [0, 0.05) is 19.5 Å². The molecule has 1 atom stereocenters. The summed E-state index contributed by atoms with van der Waals surface area (Å²) in [4.78, 5) is 30.2. The maximum atomic E-state index is 13.9. The van der Waals surface area contributed by atoms with Crippen molar-refractivity contribution in [3.63, 3.8) is 0 Å². The summed E-state index contributed by atoms with van der Waals surface area (Å²) in [5.41, 5.74) is 2.86. The molecule has 0 bridgehead atoms. The van der Waals surface area contributed by atoms with Crippen molar-refractivity contribution < 1.29 is 27.9 Å². The third-order valence-corrected chi connectivity index (χ3v) is 8.03. The standard InChI is InChI=1S/C27H37N2O6P/c1-4-7-17-28(21-36(32,34-5-2)35-6-3)27(31)29-19-24-16-12-11-15-23(24)18-25(29)26(30)33-20-22-13-9-8-10-14-22/h8-16,25H,4-7,17-21H2,1-3H3. The predicted molar refractivity (Wildman–Crippen MR) is 138 cm³/mol. The van der Waals surface area contributed by atoms with Crippen LogP contribution in [0.2, 0.25) is 0 Å². The molecule has 1 aliphatic rings. The molecule has 8 nitrogen and oxygen atoms in total. The summed E-state index contributed by atoms with van der Waals surface area (Å²) in [6, 6.07) is 16.1. The molecule has 2 amide bonds. The topological polar surface area (TPSA) is 85.4 Å². The fraction of sp³-hybridized carbons (Fsp3) is 0.481. The summed E-state index contributed by atoms with van der Waals surface area (Å²) in [5.74, 6) is -0.463. The lowest BCUT2D eigenvalue weighted by atomic mass is 9.94. The number of hydrogen-bond donors (Lipinski definition) is 0. The average Bonchev–Trinajstić information content (AvgIpc) is 2.89. The van der Waals surface area contributed by atoms with Gasteiger partial charge in [-0.25, -0.2) is 9.59 Å². The summed E-state index contributed by atoms with van der Waals surface area (Å²) in [6.45, 7) is 6.68. The van der Waals surface area contributed by atoms with Crippen molar-refractivity contribution in [3.05, 3.63) is 71.3 Å². The van der Waals surface area contributed by atoms with Crippen molar-refractivity contribution in [1.29, 1.82) is 0 Å². The molecule has 36 heavy (non-hydrogen) atoms. The number of fused-ring (bicyclic) bond motifs is 1. The Hall–Kier alpha value is -2.67. The van der Waals surface area contributed by atoms with Crippen LogP contribution in [0.4, 0.5) is 4.79 Å². The van der Waals surface area contributed by atoms with Crippen LogP contribution in [0.5, 0.6) is 0 Å². The van der Waals surface area contributed by atoms with Crippen LogP contribution in [0.3, 0.4) is 0 Å². The minimum absolute atomic E-state index is 0.128. The molecule has 0 aromatic heterocycles. The largest absolute Gasteiger partial charge is 0.459 e. The minimum atomic E-state index is -3.52. The second kappa shape index (κ2) is 13.6. The summed E-state index contributed by atoms with van der Waals surface area (Å²) in [6.07, 6.45) is 1.75. The fourth-order valence-corrected chi connectivity index (χ4v) is 5.94. The van der Waals surface area contributed by atoms with Gasteiger partial charge in [0.2, 0.25) is 0 Å². The van der Waals surface area contributed by atoms with Crippen LogP contribution in [0.15, 0.2) is 54.6 Å². The zero-order valence-corrected chi connectivity index (χ0v) is 22.3. The number of benzene rings is 2. The second-order valence-corrected chi connectivity index (χ2v) is 10.7. The Labute approximate surface area is 214 Å². The normalized spacial score (nSPS) is 15.3. The van der Waals surface area contributed by atoms with Crippen LogP contribution in [-0.4, -0.2) is 53.9 Å². The molecule has 0 aliphatic carbocycles. The monoisotopic (exact) mass is 516 g/mol. The molecule has 0 saturated heterocycles. The average molecular weight is 517 g/mol. The molecule has 0 N–H and O–H groups in total. The third kappa shape index (κ3) is 7.42. The summed E-state index contributed by atoms with van der Waals surface area (Å²) in [5, 5.41) is 0. The van der Waals surface area contributed by atoms with Crippen LogP contribution in [0, 0.1) is 0 Å². The van der Waals surface area contributed by atoms with Crippen LogP contribution < -0.4 is 0 Å². The lowest BCUT2D eigenvalue weighted by molar-refractivity contribution is -0.151. The van der Waals surface area contributed by atoms with Gasteiger partial charge in [-0.1, -0.05) is 67.9 Å². The molecule has 0 spiro atoms. The van der Waals surface area contributed by atoms with Crippen molar-refractivity contribution in [2.75, 3.05) is 26.0 Å². The number of carbonyl (C=O) groups is 2. The number of esters is 1. The Morgan fingerprint density at radius 1 is 0.972 bits per heavy atom. The summed E-state index contributed by atoms with van der Waals surface area (Å²) < 4.78 is 29.9. The number of unbranched alkanes of at least 4 members (excludes halogenated alkanes) is 1. The van der Waals surface area contributed by atoms with Crippen molar-refractivity contribution in [1.82, 2.24) is 9.80 Å². The molecule has 3 rings (SSSR count). The van der Waals surface area contributed by atoms with E-state index in [1.165, 1.54) is 9.80 Å². The van der Waals surface area contributed by atoms with Crippen LogP contribution >= 0.6 is 7.60 Å². The zero-order valence-electron chi connectivity index (χ0n) is 21.4. The predicted octanol–water partition coefficient (Wildman–Crippen LogP) is 5.60. The molecule has 0 saturated carbocycles. The fourth-order valence-electron chi connectivity index (χ4n) is 4.24. The highest BCUT2D eigenvalue weighted by Crippen LogP contribution is 2.48. The molecule has 1 heterocycles. The second-order valence-electron chi connectivity index (χ2n) is 8.70. The van der Waals surface area contributed by atoms with Crippen molar-refractivity contribution >= 4 is 19.6 Å². The molecular weight excluding hydrogens is 479 g/mol. The highest BCUT2D eigenvalue weighted by atomic mass is 31.2. The number of rotatable bonds is 12. The SMILES string of the molecule is CCCCN(CP(=O)(OCC)OCC)C(=O)N1Cc2ccccc2CC1C(=O)OCc1ccccc1. The Morgan fingerprint density at radius 3 is 2.25 bits per heavy atom. The Bertz CT molecular complexity index is 1040. The molecule has 9 heteroatoms. The molecule has 2 aromatic carbocycles. The van der Waals surface area contributed by atoms with Crippen LogP contribution in [0.1, 0.15) is 50.3 Å². The van der Waals surface area contributed by atoms with E-state index < -0.39 is 19.6 Å². The van der Waals surface area contributed by atoms with Crippen LogP contribution in [-0.2, 0) is 42.7 Å². The zero-order chi connectivity index (χ0) is 26.0. The van der Waals surface area contributed by atoms with Gasteiger partial charge in [0.05, 0.1) is 13.2 Å². The van der Waals surface area contributed by atoms with E-state index in [2.05, 4.69) is 0 Å². The Morgan fingerprint density at radius 2 is 1.61 bits per heavy atom. The van der Waals surface area contributed by atoms with Gasteiger partial charge in [-0.15, -0.1) is 0 Å². The molecular formula is C27H37N2O6P. The molecule has 1 aliphatic heterocycles. The number of nitrogens with zero attached hydrogens (tertiary/aromatic N) is 2. The van der Waals surface area contributed by atoms with E-state index in [0.29, 0.717) is 13.0 Å². The van der Waals surface area contributed by atoms with Gasteiger partial charge in [0.1, 0.15) is 18.9 Å². The van der Waals surface area contributed by atoms with Gasteiger partial charge in [0.25, 0.3) is 0 Å². The van der Waals surface area contributed by atoms with E-state index in [0.717, 1.165) is 29.5 Å². The van der Waals surface area contributed by atoms with E-state index >= 15 is 0 Å². The smallest absolute Gasteiger partial charge is 0.349 e. The van der Waals surface area contributed by atoms with E-state index in [9.17, 15) is 14.2 Å². The quantitative estimate of drug-likeness (QED) is 0.270. The molecule has 0 radical (unpaired) electrons. The lowest BCUT2D eigenvalue weighted by Gasteiger charge is -2.39. The minimum Gasteiger partial charge on any atom is -0.459 e. The van der Waals surface area contributed by atoms with Crippen molar-refractivity contribution in [3.8, 4) is 0 Å². The summed E-state index contributed by atoms with van der Waals surface area (Å²) in [7, 11) is -3.52. The van der Waals surface area contributed by atoms with Crippen LogP contribution in [0.25, 0.3) is 0 Å². The van der Waals surface area contributed by atoms with Gasteiger partial charge >= 0.3 is 19.6 Å². The van der Waals surface area contributed by atoms with Gasteiger partial charge < -0.3 is 23.6 Å². The Kier molecular flexibility index (Phi) is 10.5. The summed E-state index contributed by atoms with van der Waals surface area (Å²) >= 11 is 0. The van der Waals surface area contributed by atoms with Crippen molar-refractivity contribution in [2.24, 2.45) is 0 Å². The van der Waals surface area contributed by atoms with Gasteiger partial charge in [-0.2, -0.15) is 0 Å². The first kappa shape index (κ1) is 27.9. The van der Waals surface area contributed by atoms with E-state index in [1.54, 1.807) is 13.8 Å². The highest BCUT2D eigenvalue weighted by molar-refractivity contribution is 7.53. The lowest BCUT2D eigenvalue weighted by Crippen LogP contribution is -2.54. The first-order chi connectivity index (χ1) is 17.4. The third-order valence-electron chi connectivity index (χ3n) is 6.04. The molecule has 0 fully saturated rings. The molecule has 196 valence electrons. The van der Waals surface area contributed by atoms with Gasteiger partial charge in [-0.3, -0.25) is 4.57 Å². The first-order valence-corrected chi connectivity index (χ1v) is 14.3. The number of ether oxygens (including phenoxy) is 1. The maximum absolute atomic E-state index is 13.9. The first-order valence-electron chi connectivity index (χ1n) is 12.6.